The first-order chi connectivity index (χ1) is 16.8. The highest BCUT2D eigenvalue weighted by Crippen LogP contribution is 2.35. The third-order valence-electron chi connectivity index (χ3n) is 7.63. The number of anilines is 1. The Bertz CT molecular complexity index is 1140. The normalized spacial score (nSPS) is 23.8. The van der Waals surface area contributed by atoms with Crippen LogP contribution in [0.3, 0.4) is 0 Å². The van der Waals surface area contributed by atoms with Crippen molar-refractivity contribution in [1.29, 1.82) is 0 Å². The van der Waals surface area contributed by atoms with Crippen molar-refractivity contribution in [3.05, 3.63) is 30.7 Å². The Morgan fingerprint density at radius 3 is 2.77 bits per heavy atom. The van der Waals surface area contributed by atoms with Gasteiger partial charge < -0.3 is 20.2 Å². The topological polar surface area (TPSA) is 119 Å². The van der Waals surface area contributed by atoms with E-state index in [1.807, 2.05) is 12.1 Å². The molecular formula is C25H32N6O4. The molecule has 5 rings (SSSR count). The van der Waals surface area contributed by atoms with Gasteiger partial charge in [-0.3, -0.25) is 24.5 Å². The summed E-state index contributed by atoms with van der Waals surface area (Å²) in [4.78, 5) is 51.5. The van der Waals surface area contributed by atoms with Crippen LogP contribution in [0, 0.1) is 0 Å². The molecule has 0 aromatic carbocycles. The average molecular weight is 481 g/mol. The number of amides is 4. The number of β-amino-alcohol motifs (C(OH)–C–C–N with tert-alkyl or cyclic N) is 1. The van der Waals surface area contributed by atoms with Crippen LogP contribution >= 0.6 is 0 Å². The molecule has 4 heterocycles. The molecule has 3 aliphatic rings. The second-order valence-electron chi connectivity index (χ2n) is 10.1. The van der Waals surface area contributed by atoms with E-state index in [1.54, 1.807) is 25.6 Å². The molecule has 186 valence electrons. The first-order valence-electron chi connectivity index (χ1n) is 12.3. The van der Waals surface area contributed by atoms with Crippen molar-refractivity contribution in [3.8, 4) is 0 Å². The highest BCUT2D eigenvalue weighted by molar-refractivity contribution is 6.07. The quantitative estimate of drug-likeness (QED) is 0.604. The van der Waals surface area contributed by atoms with Gasteiger partial charge in [0, 0.05) is 62.8 Å². The minimum Gasteiger partial charge on any atom is -0.386 e. The molecule has 0 bridgehead atoms. The summed E-state index contributed by atoms with van der Waals surface area (Å²) >= 11 is 0. The van der Waals surface area contributed by atoms with Gasteiger partial charge in [-0.15, -0.1) is 0 Å². The Labute approximate surface area is 204 Å². The van der Waals surface area contributed by atoms with Crippen LogP contribution in [0.15, 0.2) is 30.7 Å². The smallest absolute Gasteiger partial charge is 0.325 e. The Hall–Kier alpha value is -3.27. The molecule has 2 aromatic heterocycles. The number of rotatable bonds is 6. The van der Waals surface area contributed by atoms with Gasteiger partial charge in [0.2, 0.25) is 5.91 Å². The first-order valence-corrected chi connectivity index (χ1v) is 12.3. The average Bonchev–Trinajstić information content (AvgIpc) is 3.41. The molecule has 2 aliphatic heterocycles. The lowest BCUT2D eigenvalue weighted by molar-refractivity contribution is -0.135. The number of piperidine rings is 1. The number of nitrogens with zero attached hydrogens (tertiary/aromatic N) is 5. The lowest BCUT2D eigenvalue weighted by atomic mass is 9.91. The van der Waals surface area contributed by atoms with Crippen LogP contribution in [-0.2, 0) is 9.59 Å². The number of hydrogen-bond donors (Lipinski definition) is 2. The fourth-order valence-electron chi connectivity index (χ4n) is 5.82. The van der Waals surface area contributed by atoms with E-state index in [1.165, 1.54) is 9.80 Å². The predicted molar refractivity (Wildman–Crippen MR) is 130 cm³/mol. The molecular weight excluding hydrogens is 448 g/mol. The summed E-state index contributed by atoms with van der Waals surface area (Å²) in [6.45, 7) is 1.40. The second-order valence-corrected chi connectivity index (χ2v) is 10.1. The molecule has 35 heavy (non-hydrogen) atoms. The van der Waals surface area contributed by atoms with Crippen LogP contribution in [-0.4, -0.2) is 87.1 Å². The molecule has 2 aromatic rings. The maximum atomic E-state index is 12.9. The van der Waals surface area contributed by atoms with E-state index in [2.05, 4.69) is 20.2 Å². The van der Waals surface area contributed by atoms with Crippen molar-refractivity contribution in [1.82, 2.24) is 25.1 Å². The largest absolute Gasteiger partial charge is 0.386 e. The van der Waals surface area contributed by atoms with Crippen molar-refractivity contribution in [2.75, 3.05) is 38.1 Å². The van der Waals surface area contributed by atoms with E-state index in [-0.39, 0.29) is 31.3 Å². The van der Waals surface area contributed by atoms with Gasteiger partial charge in [-0.05, 0) is 37.8 Å². The fraction of sp³-hybridized carbons (Fsp3) is 0.560. The summed E-state index contributed by atoms with van der Waals surface area (Å²) in [6.07, 6.45) is 9.81. The molecule has 3 fully saturated rings. The van der Waals surface area contributed by atoms with Crippen LogP contribution in [0.1, 0.15) is 44.9 Å². The maximum absolute atomic E-state index is 12.9. The van der Waals surface area contributed by atoms with Crippen molar-refractivity contribution >= 4 is 34.4 Å². The van der Waals surface area contributed by atoms with E-state index in [4.69, 9.17) is 0 Å². The molecule has 1 aliphatic carbocycles. The molecule has 2 saturated heterocycles. The van der Waals surface area contributed by atoms with Crippen LogP contribution in [0.25, 0.3) is 10.9 Å². The summed E-state index contributed by atoms with van der Waals surface area (Å²) in [7, 11) is 1.66. The zero-order valence-corrected chi connectivity index (χ0v) is 20.1. The van der Waals surface area contributed by atoms with Gasteiger partial charge in [-0.1, -0.05) is 12.8 Å². The Morgan fingerprint density at radius 2 is 1.97 bits per heavy atom. The summed E-state index contributed by atoms with van der Waals surface area (Å²) in [5.74, 6) is -0.418. The van der Waals surface area contributed by atoms with Gasteiger partial charge in [0.15, 0.2) is 0 Å². The van der Waals surface area contributed by atoms with Crippen molar-refractivity contribution in [2.24, 2.45) is 0 Å². The van der Waals surface area contributed by atoms with Gasteiger partial charge in [0.05, 0.1) is 17.7 Å². The molecule has 10 nitrogen and oxygen atoms in total. The number of pyridine rings is 2. The van der Waals surface area contributed by atoms with Crippen LogP contribution in [0.4, 0.5) is 10.5 Å². The number of nitrogens with one attached hydrogen (secondary N) is 1. The lowest BCUT2D eigenvalue weighted by Gasteiger charge is -2.42. The highest BCUT2D eigenvalue weighted by Gasteiger charge is 2.52. The summed E-state index contributed by atoms with van der Waals surface area (Å²) < 4.78 is 0. The van der Waals surface area contributed by atoms with E-state index in [0.717, 1.165) is 42.4 Å². The van der Waals surface area contributed by atoms with Crippen molar-refractivity contribution in [2.45, 2.75) is 56.1 Å². The molecule has 4 amide bonds. The number of likely N-dealkylation sites (N-methyl/N-ethyl adjacent to an activating group) is 1. The lowest BCUT2D eigenvalue weighted by Crippen LogP contribution is -2.55. The number of carbonyl (C=O) groups excluding carboxylic acids is 3. The number of aromatic nitrogens is 2. The minimum atomic E-state index is -1.07. The summed E-state index contributed by atoms with van der Waals surface area (Å²) in [5, 5.41) is 15.2. The third-order valence-corrected chi connectivity index (χ3v) is 7.63. The predicted octanol–water partition coefficient (Wildman–Crippen LogP) is 1.67. The van der Waals surface area contributed by atoms with Crippen molar-refractivity contribution in [3.63, 3.8) is 0 Å². The van der Waals surface area contributed by atoms with Gasteiger partial charge in [0.1, 0.15) is 5.54 Å². The molecule has 1 atom stereocenters. The summed E-state index contributed by atoms with van der Waals surface area (Å²) in [5.41, 5.74) is -0.0254. The zero-order valence-electron chi connectivity index (χ0n) is 20.1. The van der Waals surface area contributed by atoms with E-state index < -0.39 is 17.2 Å². The molecule has 1 saturated carbocycles. The van der Waals surface area contributed by atoms with Gasteiger partial charge in [0.25, 0.3) is 5.91 Å². The number of fused-ring (bicyclic) bond motifs is 1. The Morgan fingerprint density at radius 1 is 1.17 bits per heavy atom. The van der Waals surface area contributed by atoms with Gasteiger partial charge >= 0.3 is 6.03 Å². The number of aliphatic hydroxyl groups is 1. The molecule has 10 heteroatoms. The number of urea groups is 1. The Balaban J connectivity index is 1.20. The monoisotopic (exact) mass is 480 g/mol. The van der Waals surface area contributed by atoms with Crippen LogP contribution < -0.4 is 10.2 Å². The van der Waals surface area contributed by atoms with Crippen LogP contribution in [0.2, 0.25) is 0 Å². The minimum absolute atomic E-state index is 0.0339. The molecule has 0 unspecified atom stereocenters. The van der Waals surface area contributed by atoms with Gasteiger partial charge in [-0.2, -0.15) is 0 Å². The summed E-state index contributed by atoms with van der Waals surface area (Å²) in [6, 6.07) is 3.38. The molecule has 2 N–H and O–H groups in total. The van der Waals surface area contributed by atoms with E-state index in [9.17, 15) is 19.5 Å². The number of hydrogen-bond acceptors (Lipinski definition) is 7. The Kier molecular flexibility index (Phi) is 6.08. The third kappa shape index (κ3) is 4.42. The second kappa shape index (κ2) is 9.07. The maximum Gasteiger partial charge on any atom is 0.325 e. The SMILES string of the molecule is CN(C[C@]1(O)CCCN(c2ccnc3ccncc23)C1)C(=O)CCN1C(=O)NC2(CCCC2)C1=O. The fourth-order valence-corrected chi connectivity index (χ4v) is 5.82. The molecule has 1 spiro atoms. The van der Waals surface area contributed by atoms with E-state index >= 15 is 0 Å². The number of carbonyl (C=O) groups is 3. The van der Waals surface area contributed by atoms with E-state index in [0.29, 0.717) is 25.8 Å². The zero-order chi connectivity index (χ0) is 24.6. The standard InChI is InChI=1S/C25H32N6O4/c1-29(21(32)7-14-31-22(33)25(28-23(31)34)9-2-3-10-25)16-24(35)8-4-13-30(17-24)20-6-12-27-19-5-11-26-15-18(19)20/h5-6,11-12,15,35H,2-4,7-10,13-14,16-17H2,1H3,(H,28,34)/t24-/m1/s1. The molecule has 0 radical (unpaired) electrons. The van der Waals surface area contributed by atoms with Gasteiger partial charge in [-0.25, -0.2) is 4.79 Å². The van der Waals surface area contributed by atoms with Crippen LogP contribution in [0.5, 0.6) is 0 Å². The number of imide groups is 1. The van der Waals surface area contributed by atoms with Crippen molar-refractivity contribution < 1.29 is 19.5 Å². The first kappa shape index (κ1) is 23.5. The highest BCUT2D eigenvalue weighted by atomic mass is 16.3.